The van der Waals surface area contributed by atoms with Crippen molar-refractivity contribution in [2.24, 2.45) is 0 Å². The van der Waals surface area contributed by atoms with Crippen molar-refractivity contribution in [3.63, 3.8) is 0 Å². The second-order valence-electron chi connectivity index (χ2n) is 3.37. The van der Waals surface area contributed by atoms with Gasteiger partial charge in [-0.3, -0.25) is 5.10 Å². The molecule has 2 aromatic rings. The molecule has 4 N–H and O–H groups in total. The fraction of sp³-hybridized carbons (Fsp3) is 0.300. The molecule has 2 rings (SSSR count). The highest BCUT2D eigenvalue weighted by atomic mass is 16.4. The van der Waals surface area contributed by atoms with Crippen molar-refractivity contribution in [3.05, 3.63) is 30.0 Å². The van der Waals surface area contributed by atoms with E-state index in [9.17, 15) is 10.2 Å². The summed E-state index contributed by atoms with van der Waals surface area (Å²) < 4.78 is 0. The van der Waals surface area contributed by atoms with E-state index in [4.69, 9.17) is 5.11 Å². The zero-order valence-corrected chi connectivity index (χ0v) is 7.96. The van der Waals surface area contributed by atoms with Crippen LogP contribution in [0.15, 0.2) is 24.4 Å². The Morgan fingerprint density at radius 3 is 2.87 bits per heavy atom. The Morgan fingerprint density at radius 1 is 1.33 bits per heavy atom. The summed E-state index contributed by atoms with van der Waals surface area (Å²) in [5, 5.41) is 35.2. The monoisotopic (exact) mass is 208 g/mol. The number of aliphatic hydroxyl groups excluding tert-OH is 3. The van der Waals surface area contributed by atoms with Gasteiger partial charge in [0.25, 0.3) is 0 Å². The first kappa shape index (κ1) is 10.1. The maximum atomic E-state index is 9.75. The highest BCUT2D eigenvalue weighted by Crippen LogP contribution is 2.24. The zero-order chi connectivity index (χ0) is 10.8. The number of rotatable bonds is 3. The third-order valence-corrected chi connectivity index (χ3v) is 2.39. The largest absolute Gasteiger partial charge is 0.394 e. The molecule has 0 radical (unpaired) electrons. The molecule has 80 valence electrons. The van der Waals surface area contributed by atoms with Crippen LogP contribution >= 0.6 is 0 Å². The number of nitrogens with one attached hydrogen (secondary N) is 1. The number of aromatic amines is 1. The first-order valence-electron chi connectivity index (χ1n) is 4.63. The third kappa shape index (κ3) is 1.72. The smallest absolute Gasteiger partial charge is 0.108 e. The van der Waals surface area contributed by atoms with Crippen LogP contribution in [0, 0.1) is 0 Å². The van der Waals surface area contributed by atoms with E-state index in [0.29, 0.717) is 5.56 Å². The summed E-state index contributed by atoms with van der Waals surface area (Å²) in [7, 11) is 0. The van der Waals surface area contributed by atoms with Crippen molar-refractivity contribution in [1.29, 1.82) is 0 Å². The molecule has 0 spiro atoms. The zero-order valence-electron chi connectivity index (χ0n) is 7.96. The van der Waals surface area contributed by atoms with Crippen molar-refractivity contribution in [2.45, 2.75) is 12.2 Å². The van der Waals surface area contributed by atoms with E-state index in [2.05, 4.69) is 10.2 Å². The predicted octanol–water partition coefficient (Wildman–Crippen LogP) is -0.0505. The summed E-state index contributed by atoms with van der Waals surface area (Å²) in [6.45, 7) is -0.477. The summed E-state index contributed by atoms with van der Waals surface area (Å²) in [6, 6.07) is 5.27. The molecule has 1 aromatic carbocycles. The first-order valence-corrected chi connectivity index (χ1v) is 4.63. The predicted molar refractivity (Wildman–Crippen MR) is 54.1 cm³/mol. The lowest BCUT2D eigenvalue weighted by atomic mass is 10.0. The lowest BCUT2D eigenvalue weighted by Gasteiger charge is -2.16. The van der Waals surface area contributed by atoms with Crippen LogP contribution in [-0.4, -0.2) is 38.2 Å². The van der Waals surface area contributed by atoms with Crippen LogP contribution in [0.3, 0.4) is 0 Å². The molecule has 2 atom stereocenters. The maximum Gasteiger partial charge on any atom is 0.108 e. The Balaban J connectivity index is 2.46. The van der Waals surface area contributed by atoms with Gasteiger partial charge in [0.05, 0.1) is 18.3 Å². The molecule has 1 heterocycles. The van der Waals surface area contributed by atoms with Gasteiger partial charge in [-0.05, 0) is 11.6 Å². The van der Waals surface area contributed by atoms with Crippen LogP contribution in [0.2, 0.25) is 0 Å². The van der Waals surface area contributed by atoms with E-state index < -0.39 is 18.8 Å². The molecule has 15 heavy (non-hydrogen) atoms. The van der Waals surface area contributed by atoms with Crippen molar-refractivity contribution in [2.75, 3.05) is 6.61 Å². The van der Waals surface area contributed by atoms with E-state index in [-0.39, 0.29) is 0 Å². The van der Waals surface area contributed by atoms with Gasteiger partial charge in [-0.1, -0.05) is 12.1 Å². The highest BCUT2D eigenvalue weighted by molar-refractivity contribution is 5.81. The molecule has 5 nitrogen and oxygen atoms in total. The summed E-state index contributed by atoms with van der Waals surface area (Å²) >= 11 is 0. The normalized spacial score (nSPS) is 15.4. The second kappa shape index (κ2) is 3.98. The van der Waals surface area contributed by atoms with Crippen LogP contribution in [0.1, 0.15) is 11.7 Å². The average Bonchev–Trinajstić information content (AvgIpc) is 2.74. The van der Waals surface area contributed by atoms with E-state index in [1.54, 1.807) is 18.3 Å². The molecular formula is C10H12N2O3. The Kier molecular flexibility index (Phi) is 2.68. The Hall–Kier alpha value is -1.43. The number of hydrogen-bond donors (Lipinski definition) is 4. The van der Waals surface area contributed by atoms with Gasteiger partial charge < -0.3 is 15.3 Å². The number of aliphatic hydroxyl groups is 3. The Bertz CT molecular complexity index is 455. The van der Waals surface area contributed by atoms with Gasteiger partial charge in [-0.25, -0.2) is 0 Å². The quantitative estimate of drug-likeness (QED) is 0.569. The summed E-state index contributed by atoms with van der Waals surface area (Å²) in [5.41, 5.74) is 1.35. The molecule has 2 unspecified atom stereocenters. The van der Waals surface area contributed by atoms with Crippen molar-refractivity contribution >= 4 is 10.9 Å². The molecule has 0 saturated heterocycles. The summed E-state index contributed by atoms with van der Waals surface area (Å²) in [5.74, 6) is 0. The van der Waals surface area contributed by atoms with E-state index in [1.807, 2.05) is 6.07 Å². The fourth-order valence-corrected chi connectivity index (χ4v) is 1.56. The molecule has 0 aliphatic heterocycles. The van der Waals surface area contributed by atoms with Crippen molar-refractivity contribution in [3.8, 4) is 0 Å². The van der Waals surface area contributed by atoms with Crippen LogP contribution in [0.25, 0.3) is 10.9 Å². The van der Waals surface area contributed by atoms with Gasteiger partial charge >= 0.3 is 0 Å². The molecular weight excluding hydrogens is 196 g/mol. The molecule has 0 bridgehead atoms. The molecule has 5 heteroatoms. The second-order valence-corrected chi connectivity index (χ2v) is 3.37. The van der Waals surface area contributed by atoms with Crippen molar-refractivity contribution < 1.29 is 15.3 Å². The molecule has 0 amide bonds. The lowest BCUT2D eigenvalue weighted by molar-refractivity contribution is -0.0145. The van der Waals surface area contributed by atoms with Gasteiger partial charge in [-0.15, -0.1) is 0 Å². The van der Waals surface area contributed by atoms with Crippen LogP contribution in [0.5, 0.6) is 0 Å². The van der Waals surface area contributed by atoms with Crippen molar-refractivity contribution in [1.82, 2.24) is 10.2 Å². The van der Waals surface area contributed by atoms with E-state index >= 15 is 0 Å². The summed E-state index contributed by atoms with van der Waals surface area (Å²) in [4.78, 5) is 0. The maximum absolute atomic E-state index is 9.75. The standard InChI is InChI=1S/C10H12N2O3/c13-5-9(14)10(15)6-2-1-3-8-7(6)4-11-12-8/h1-4,9-10,13-15H,5H2,(H,11,12). The van der Waals surface area contributed by atoms with Gasteiger partial charge in [0, 0.05) is 5.39 Å². The Morgan fingerprint density at radius 2 is 2.13 bits per heavy atom. The van der Waals surface area contributed by atoms with Crippen LogP contribution in [0.4, 0.5) is 0 Å². The SMILES string of the molecule is OCC(O)C(O)c1cccc2[nH]ncc12. The van der Waals surface area contributed by atoms with Gasteiger partial charge in [0.1, 0.15) is 12.2 Å². The lowest BCUT2D eigenvalue weighted by Crippen LogP contribution is -2.22. The molecule has 0 saturated carbocycles. The first-order chi connectivity index (χ1) is 7.24. The van der Waals surface area contributed by atoms with Crippen LogP contribution in [-0.2, 0) is 0 Å². The van der Waals surface area contributed by atoms with Gasteiger partial charge in [-0.2, -0.15) is 5.10 Å². The summed E-state index contributed by atoms with van der Waals surface area (Å²) in [6.07, 6.45) is -0.695. The number of hydrogen-bond acceptors (Lipinski definition) is 4. The number of benzene rings is 1. The minimum absolute atomic E-state index is 0.477. The molecule has 0 aliphatic carbocycles. The average molecular weight is 208 g/mol. The number of fused-ring (bicyclic) bond motifs is 1. The van der Waals surface area contributed by atoms with Gasteiger partial charge in [0.2, 0.25) is 0 Å². The minimum atomic E-state index is -1.18. The fourth-order valence-electron chi connectivity index (χ4n) is 1.56. The number of aromatic nitrogens is 2. The Labute approximate surface area is 86.0 Å². The third-order valence-electron chi connectivity index (χ3n) is 2.39. The van der Waals surface area contributed by atoms with E-state index in [0.717, 1.165) is 10.9 Å². The highest BCUT2D eigenvalue weighted by Gasteiger charge is 2.19. The molecule has 1 aromatic heterocycles. The molecule has 0 fully saturated rings. The minimum Gasteiger partial charge on any atom is -0.394 e. The van der Waals surface area contributed by atoms with Gasteiger partial charge in [0.15, 0.2) is 0 Å². The molecule has 0 aliphatic rings. The van der Waals surface area contributed by atoms with E-state index in [1.165, 1.54) is 0 Å². The van der Waals surface area contributed by atoms with Crippen LogP contribution < -0.4 is 0 Å². The topological polar surface area (TPSA) is 89.4 Å². The number of nitrogens with zero attached hydrogens (tertiary/aromatic N) is 1. The number of H-pyrrole nitrogens is 1.